The van der Waals surface area contributed by atoms with Crippen molar-refractivity contribution in [2.75, 3.05) is 13.1 Å². The second kappa shape index (κ2) is 9.40. The monoisotopic (exact) mass is 420 g/mol. The Kier molecular flexibility index (Phi) is 7.76. The average Bonchev–Trinajstić information content (AvgIpc) is 2.58. The summed E-state index contributed by atoms with van der Waals surface area (Å²) < 4.78 is 27.1. The molecule has 1 aromatic rings. The first-order valence-electron chi connectivity index (χ1n) is 8.95. The zero-order valence-corrected chi connectivity index (χ0v) is 17.5. The molecule has 2 unspecified atom stereocenters. The van der Waals surface area contributed by atoms with E-state index in [-0.39, 0.29) is 30.2 Å². The van der Waals surface area contributed by atoms with Gasteiger partial charge in [-0.3, -0.25) is 4.79 Å². The van der Waals surface area contributed by atoms with Gasteiger partial charge in [0.05, 0.1) is 11.7 Å². The maximum atomic E-state index is 12.8. The van der Waals surface area contributed by atoms with Gasteiger partial charge in [-0.2, -0.15) is 0 Å². The fourth-order valence-electron chi connectivity index (χ4n) is 3.22. The highest BCUT2D eigenvalue weighted by atomic mass is 35.5. The number of hydrogen-bond donors (Lipinski definition) is 1. The molecule has 0 saturated carbocycles. The Hall–Kier alpha value is -0.820. The molecular formula is C18H26Cl2N2O3S. The van der Waals surface area contributed by atoms with Crippen LogP contribution in [0.5, 0.6) is 0 Å². The summed E-state index contributed by atoms with van der Waals surface area (Å²) in [4.78, 5) is 12.4. The van der Waals surface area contributed by atoms with E-state index in [2.05, 4.69) is 12.2 Å². The van der Waals surface area contributed by atoms with E-state index in [1.165, 1.54) is 4.31 Å². The molecule has 0 spiro atoms. The van der Waals surface area contributed by atoms with Crippen LogP contribution in [0.4, 0.5) is 0 Å². The Morgan fingerprint density at radius 2 is 2.00 bits per heavy atom. The van der Waals surface area contributed by atoms with E-state index in [1.54, 1.807) is 18.2 Å². The second-order valence-electron chi connectivity index (χ2n) is 6.85. The summed E-state index contributed by atoms with van der Waals surface area (Å²) in [5.74, 6) is -0.646. The quantitative estimate of drug-likeness (QED) is 0.728. The van der Waals surface area contributed by atoms with Gasteiger partial charge in [0.2, 0.25) is 15.9 Å². The number of piperidine rings is 1. The van der Waals surface area contributed by atoms with Crippen molar-refractivity contribution in [2.45, 2.75) is 51.3 Å². The molecule has 1 aliphatic rings. The van der Waals surface area contributed by atoms with Crippen LogP contribution in [0.3, 0.4) is 0 Å². The molecule has 1 aromatic carbocycles. The zero-order valence-electron chi connectivity index (χ0n) is 15.2. The number of carbonyl (C=O) groups excluding carboxylic acids is 1. The summed E-state index contributed by atoms with van der Waals surface area (Å²) in [5, 5.41) is 3.66. The molecule has 5 nitrogen and oxygen atoms in total. The highest BCUT2D eigenvalue weighted by molar-refractivity contribution is 7.88. The summed E-state index contributed by atoms with van der Waals surface area (Å²) in [7, 11) is -3.60. The molecule has 0 aliphatic carbocycles. The third-order valence-electron chi connectivity index (χ3n) is 4.65. The van der Waals surface area contributed by atoms with Gasteiger partial charge in [-0.05, 0) is 38.3 Å². The van der Waals surface area contributed by atoms with Crippen molar-refractivity contribution in [3.8, 4) is 0 Å². The van der Waals surface area contributed by atoms with Crippen molar-refractivity contribution < 1.29 is 13.2 Å². The zero-order chi connectivity index (χ0) is 19.3. The van der Waals surface area contributed by atoms with Crippen LogP contribution in [0, 0.1) is 5.92 Å². The largest absolute Gasteiger partial charge is 0.353 e. The van der Waals surface area contributed by atoms with Crippen molar-refractivity contribution in [3.63, 3.8) is 0 Å². The molecular weight excluding hydrogens is 395 g/mol. The number of hydrogen-bond acceptors (Lipinski definition) is 3. The van der Waals surface area contributed by atoms with Crippen LogP contribution in [0.1, 0.15) is 45.1 Å². The van der Waals surface area contributed by atoms with E-state index in [9.17, 15) is 13.2 Å². The van der Waals surface area contributed by atoms with Crippen LogP contribution in [0.25, 0.3) is 0 Å². The van der Waals surface area contributed by atoms with Crippen LogP contribution < -0.4 is 5.32 Å². The molecule has 2 rings (SSSR count). The van der Waals surface area contributed by atoms with Gasteiger partial charge >= 0.3 is 0 Å². The minimum Gasteiger partial charge on any atom is -0.353 e. The van der Waals surface area contributed by atoms with Gasteiger partial charge in [-0.15, -0.1) is 0 Å². The van der Waals surface area contributed by atoms with Crippen LogP contribution in [-0.4, -0.2) is 37.8 Å². The molecule has 0 aromatic heterocycles. The van der Waals surface area contributed by atoms with E-state index >= 15 is 0 Å². The number of benzene rings is 1. The van der Waals surface area contributed by atoms with E-state index in [0.29, 0.717) is 35.0 Å². The lowest BCUT2D eigenvalue weighted by Crippen LogP contribution is -2.47. The first-order valence-corrected chi connectivity index (χ1v) is 11.3. The number of halogens is 2. The predicted octanol–water partition coefficient (Wildman–Crippen LogP) is 3.84. The minimum atomic E-state index is -3.60. The van der Waals surface area contributed by atoms with Crippen LogP contribution in [-0.2, 0) is 20.6 Å². The second-order valence-corrected chi connectivity index (χ2v) is 9.64. The Bertz CT molecular complexity index is 720. The number of carbonyl (C=O) groups is 1. The van der Waals surface area contributed by atoms with Gasteiger partial charge in [-0.25, -0.2) is 12.7 Å². The summed E-state index contributed by atoms with van der Waals surface area (Å²) >= 11 is 12.2. The van der Waals surface area contributed by atoms with Gasteiger partial charge in [-0.1, -0.05) is 42.6 Å². The molecule has 26 heavy (non-hydrogen) atoms. The Balaban J connectivity index is 2.06. The average molecular weight is 421 g/mol. The summed E-state index contributed by atoms with van der Waals surface area (Å²) in [6, 6.07) is 5.03. The van der Waals surface area contributed by atoms with Crippen LogP contribution in [0.15, 0.2) is 18.2 Å². The number of sulfonamides is 1. The van der Waals surface area contributed by atoms with Crippen molar-refractivity contribution >= 4 is 39.1 Å². The van der Waals surface area contributed by atoms with Crippen molar-refractivity contribution in [1.29, 1.82) is 0 Å². The molecule has 1 N–H and O–H groups in total. The third-order valence-corrected chi connectivity index (χ3v) is 7.13. The van der Waals surface area contributed by atoms with Crippen molar-refractivity contribution in [3.05, 3.63) is 33.8 Å². The lowest BCUT2D eigenvalue weighted by Gasteiger charge is -2.32. The number of amides is 1. The fraction of sp³-hybridized carbons (Fsp3) is 0.611. The molecule has 1 aliphatic heterocycles. The lowest BCUT2D eigenvalue weighted by atomic mass is 9.98. The number of rotatable bonds is 7. The summed E-state index contributed by atoms with van der Waals surface area (Å²) in [6.07, 6.45) is 3.26. The van der Waals surface area contributed by atoms with Gasteiger partial charge in [0.15, 0.2) is 0 Å². The predicted molar refractivity (Wildman–Crippen MR) is 106 cm³/mol. The van der Waals surface area contributed by atoms with E-state index in [1.807, 2.05) is 6.92 Å². The molecule has 1 amide bonds. The first-order chi connectivity index (χ1) is 12.2. The van der Waals surface area contributed by atoms with Gasteiger partial charge in [0, 0.05) is 34.7 Å². The number of nitrogens with one attached hydrogen (secondary N) is 1. The Morgan fingerprint density at radius 3 is 2.62 bits per heavy atom. The number of nitrogens with zero attached hydrogens (tertiary/aromatic N) is 1. The minimum absolute atomic E-state index is 0.0679. The maximum Gasteiger partial charge on any atom is 0.224 e. The van der Waals surface area contributed by atoms with Gasteiger partial charge in [0.1, 0.15) is 0 Å². The van der Waals surface area contributed by atoms with E-state index in [4.69, 9.17) is 23.2 Å². The first kappa shape index (κ1) is 21.5. The van der Waals surface area contributed by atoms with Crippen LogP contribution >= 0.6 is 23.2 Å². The third kappa shape index (κ3) is 5.59. The Labute approximate surface area is 166 Å². The molecule has 2 atom stereocenters. The Morgan fingerprint density at radius 1 is 1.35 bits per heavy atom. The molecule has 1 heterocycles. The molecule has 8 heteroatoms. The van der Waals surface area contributed by atoms with Crippen LogP contribution in [0.2, 0.25) is 10.0 Å². The molecule has 0 bridgehead atoms. The molecule has 0 radical (unpaired) electrons. The molecule has 146 valence electrons. The summed E-state index contributed by atoms with van der Waals surface area (Å²) in [5.41, 5.74) is 0.402. The van der Waals surface area contributed by atoms with Crippen molar-refractivity contribution in [2.24, 2.45) is 5.92 Å². The molecule has 1 fully saturated rings. The summed E-state index contributed by atoms with van der Waals surface area (Å²) in [6.45, 7) is 4.66. The maximum absolute atomic E-state index is 12.8. The van der Waals surface area contributed by atoms with Gasteiger partial charge < -0.3 is 5.32 Å². The highest BCUT2D eigenvalue weighted by Crippen LogP contribution is 2.29. The smallest absolute Gasteiger partial charge is 0.224 e. The van der Waals surface area contributed by atoms with Crippen molar-refractivity contribution in [1.82, 2.24) is 9.62 Å². The topological polar surface area (TPSA) is 66.5 Å². The normalized spacial score (nSPS) is 19.9. The highest BCUT2D eigenvalue weighted by Gasteiger charge is 2.33. The molecule has 1 saturated heterocycles. The fourth-order valence-corrected chi connectivity index (χ4v) is 5.58. The van der Waals surface area contributed by atoms with E-state index < -0.39 is 10.0 Å². The van der Waals surface area contributed by atoms with E-state index in [0.717, 1.165) is 12.8 Å². The SMILES string of the molecule is CCCC(C)NC(=O)C1CCCN(S(=O)(=O)Cc2c(Cl)cccc2Cl)C1. The lowest BCUT2D eigenvalue weighted by molar-refractivity contribution is -0.126. The van der Waals surface area contributed by atoms with Gasteiger partial charge in [0.25, 0.3) is 0 Å². The standard InChI is InChI=1S/C18H26Cl2N2O3S/c1-3-6-13(2)21-18(23)14-7-5-10-22(11-14)26(24,25)12-15-16(19)8-4-9-17(15)20/h4,8-9,13-14H,3,5-7,10-12H2,1-2H3,(H,21,23).